The summed E-state index contributed by atoms with van der Waals surface area (Å²) in [6.45, 7) is 7.53. The number of halogens is 1. The first-order chi connectivity index (χ1) is 14.4. The van der Waals surface area contributed by atoms with Crippen molar-refractivity contribution in [2.75, 3.05) is 12.9 Å². The van der Waals surface area contributed by atoms with Gasteiger partial charge in [-0.1, -0.05) is 35.1 Å². The first-order valence-electron chi connectivity index (χ1n) is 9.12. The molecule has 2 heterocycles. The van der Waals surface area contributed by atoms with Gasteiger partial charge in [0.15, 0.2) is 11.0 Å². The largest absolute Gasteiger partial charge is 0.497 e. The number of carbonyl (C=O) groups is 1. The third kappa shape index (κ3) is 5.22. The second-order valence-corrected chi connectivity index (χ2v) is 7.97. The number of hydrogen-bond acceptors (Lipinski definition) is 7. The molecule has 1 amide bonds. The van der Waals surface area contributed by atoms with Crippen LogP contribution in [0.4, 0.5) is 0 Å². The van der Waals surface area contributed by atoms with E-state index in [-0.39, 0.29) is 18.9 Å². The standard InChI is InChI=1S/C20H22ClN5O3S/c1-12(21)11-30-20-24-23-18(26(20)15-5-7-16(28-4)8-6-15)10-22-19(27)9-17-13(2)25-29-14(17)3/h5-8H,1,9-11H2,2-4H3,(H,22,27). The van der Waals surface area contributed by atoms with Crippen LogP contribution in [0.2, 0.25) is 0 Å². The minimum Gasteiger partial charge on any atom is -0.497 e. The number of aromatic nitrogens is 4. The van der Waals surface area contributed by atoms with Crippen molar-refractivity contribution in [1.29, 1.82) is 0 Å². The number of amides is 1. The summed E-state index contributed by atoms with van der Waals surface area (Å²) in [6.07, 6.45) is 0.186. The molecule has 3 rings (SSSR count). The number of thioether (sulfide) groups is 1. The summed E-state index contributed by atoms with van der Waals surface area (Å²) >= 11 is 7.33. The van der Waals surface area contributed by atoms with Crippen LogP contribution in [0.3, 0.4) is 0 Å². The lowest BCUT2D eigenvalue weighted by atomic mass is 10.1. The Bertz CT molecular complexity index is 1030. The van der Waals surface area contributed by atoms with Gasteiger partial charge < -0.3 is 14.6 Å². The minimum absolute atomic E-state index is 0.156. The zero-order valence-corrected chi connectivity index (χ0v) is 18.5. The highest BCUT2D eigenvalue weighted by molar-refractivity contribution is 7.99. The van der Waals surface area contributed by atoms with Crippen molar-refractivity contribution in [3.63, 3.8) is 0 Å². The number of benzene rings is 1. The molecule has 3 aromatic rings. The van der Waals surface area contributed by atoms with E-state index in [1.807, 2.05) is 35.8 Å². The first-order valence-corrected chi connectivity index (χ1v) is 10.5. The summed E-state index contributed by atoms with van der Waals surface area (Å²) in [4.78, 5) is 12.5. The molecule has 1 aromatic carbocycles. The van der Waals surface area contributed by atoms with Crippen molar-refractivity contribution >= 4 is 29.3 Å². The molecule has 0 unspecified atom stereocenters. The lowest BCUT2D eigenvalue weighted by Crippen LogP contribution is -2.26. The smallest absolute Gasteiger partial charge is 0.225 e. The lowest BCUT2D eigenvalue weighted by molar-refractivity contribution is -0.120. The molecule has 10 heteroatoms. The molecule has 8 nitrogen and oxygen atoms in total. The molecule has 0 bridgehead atoms. The van der Waals surface area contributed by atoms with Crippen molar-refractivity contribution in [3.8, 4) is 11.4 Å². The van der Waals surface area contributed by atoms with E-state index in [9.17, 15) is 4.79 Å². The van der Waals surface area contributed by atoms with Crippen LogP contribution in [0.5, 0.6) is 5.75 Å². The average Bonchev–Trinajstić information content (AvgIpc) is 3.28. The second kappa shape index (κ2) is 9.82. The quantitative estimate of drug-likeness (QED) is 0.501. The van der Waals surface area contributed by atoms with Gasteiger partial charge in [-0.15, -0.1) is 10.2 Å². The Balaban J connectivity index is 1.79. The highest BCUT2D eigenvalue weighted by Gasteiger charge is 2.17. The van der Waals surface area contributed by atoms with Crippen molar-refractivity contribution in [1.82, 2.24) is 25.2 Å². The molecule has 158 valence electrons. The second-order valence-electron chi connectivity index (χ2n) is 6.49. The van der Waals surface area contributed by atoms with E-state index in [4.69, 9.17) is 20.9 Å². The van der Waals surface area contributed by atoms with E-state index in [0.29, 0.717) is 33.2 Å². The summed E-state index contributed by atoms with van der Waals surface area (Å²) in [5.41, 5.74) is 2.35. The van der Waals surface area contributed by atoms with Gasteiger partial charge in [0.2, 0.25) is 5.91 Å². The van der Waals surface area contributed by atoms with Gasteiger partial charge in [-0.2, -0.15) is 0 Å². The number of carbonyl (C=O) groups excluding carboxylic acids is 1. The molecule has 0 atom stereocenters. The number of aryl methyl sites for hydroxylation is 2. The normalized spacial score (nSPS) is 10.8. The third-order valence-electron chi connectivity index (χ3n) is 4.35. The molecule has 0 aliphatic rings. The van der Waals surface area contributed by atoms with E-state index in [0.717, 1.165) is 17.0 Å². The van der Waals surface area contributed by atoms with E-state index in [2.05, 4.69) is 27.2 Å². The molecule has 1 N–H and O–H groups in total. The number of hydrogen-bond donors (Lipinski definition) is 1. The van der Waals surface area contributed by atoms with Crippen molar-refractivity contribution in [2.24, 2.45) is 0 Å². The third-order valence-corrected chi connectivity index (χ3v) is 5.66. The number of methoxy groups -OCH3 is 1. The molecule has 2 aromatic heterocycles. The van der Waals surface area contributed by atoms with E-state index >= 15 is 0 Å². The van der Waals surface area contributed by atoms with Gasteiger partial charge in [0.25, 0.3) is 0 Å². The van der Waals surface area contributed by atoms with Crippen LogP contribution >= 0.6 is 23.4 Å². The Hall–Kier alpha value is -2.78. The SMILES string of the molecule is C=C(Cl)CSc1nnc(CNC(=O)Cc2c(C)noc2C)n1-c1ccc(OC)cc1. The topological polar surface area (TPSA) is 95.1 Å². The van der Waals surface area contributed by atoms with Crippen molar-refractivity contribution in [2.45, 2.75) is 32.0 Å². The maximum atomic E-state index is 12.5. The first kappa shape index (κ1) is 21.9. The number of nitrogens with zero attached hydrogens (tertiary/aromatic N) is 4. The lowest BCUT2D eigenvalue weighted by Gasteiger charge is -2.11. The van der Waals surface area contributed by atoms with Crippen LogP contribution in [0.1, 0.15) is 22.8 Å². The molecular formula is C20H22ClN5O3S. The molecular weight excluding hydrogens is 426 g/mol. The molecule has 30 heavy (non-hydrogen) atoms. The van der Waals surface area contributed by atoms with Gasteiger partial charge in [-0.3, -0.25) is 9.36 Å². The van der Waals surface area contributed by atoms with Crippen molar-refractivity contribution in [3.05, 3.63) is 58.7 Å². The van der Waals surface area contributed by atoms with Crippen LogP contribution in [0, 0.1) is 13.8 Å². The number of ether oxygens (including phenoxy) is 1. The van der Waals surface area contributed by atoms with Gasteiger partial charge in [-0.05, 0) is 38.1 Å². The Morgan fingerprint density at radius 3 is 2.63 bits per heavy atom. The van der Waals surface area contributed by atoms with Gasteiger partial charge in [0, 0.05) is 22.0 Å². The fourth-order valence-corrected chi connectivity index (χ4v) is 3.68. The van der Waals surface area contributed by atoms with Gasteiger partial charge in [-0.25, -0.2) is 0 Å². The van der Waals surface area contributed by atoms with Gasteiger partial charge >= 0.3 is 0 Å². The van der Waals surface area contributed by atoms with Crippen LogP contribution in [-0.4, -0.2) is 38.7 Å². The fourth-order valence-electron chi connectivity index (χ4n) is 2.80. The maximum absolute atomic E-state index is 12.5. The summed E-state index contributed by atoms with van der Waals surface area (Å²) in [7, 11) is 1.61. The Morgan fingerprint density at radius 1 is 1.30 bits per heavy atom. The van der Waals surface area contributed by atoms with Crippen LogP contribution < -0.4 is 10.1 Å². The zero-order chi connectivity index (χ0) is 21.7. The number of rotatable bonds is 9. The Labute approximate surface area is 183 Å². The molecule has 0 radical (unpaired) electrons. The summed E-state index contributed by atoms with van der Waals surface area (Å²) in [5.74, 6) is 2.31. The molecule has 0 fully saturated rings. The predicted octanol–water partition coefficient (Wildman–Crippen LogP) is 3.58. The zero-order valence-electron chi connectivity index (χ0n) is 16.9. The molecule has 0 saturated carbocycles. The molecule has 0 aliphatic carbocycles. The molecule has 0 saturated heterocycles. The van der Waals surface area contributed by atoms with Crippen LogP contribution in [-0.2, 0) is 17.8 Å². The molecule has 0 spiro atoms. The monoisotopic (exact) mass is 447 g/mol. The van der Waals surface area contributed by atoms with Crippen LogP contribution in [0.25, 0.3) is 5.69 Å². The minimum atomic E-state index is -0.156. The fraction of sp³-hybridized carbons (Fsp3) is 0.300. The van der Waals surface area contributed by atoms with Crippen LogP contribution in [0.15, 0.2) is 45.6 Å². The van der Waals surface area contributed by atoms with Gasteiger partial charge in [0.05, 0.1) is 25.8 Å². The van der Waals surface area contributed by atoms with E-state index in [1.54, 1.807) is 14.0 Å². The number of nitrogens with one attached hydrogen (secondary N) is 1. The highest BCUT2D eigenvalue weighted by Crippen LogP contribution is 2.25. The highest BCUT2D eigenvalue weighted by atomic mass is 35.5. The summed E-state index contributed by atoms with van der Waals surface area (Å²) in [5, 5.41) is 16.5. The maximum Gasteiger partial charge on any atom is 0.225 e. The summed E-state index contributed by atoms with van der Waals surface area (Å²) in [6, 6.07) is 7.50. The summed E-state index contributed by atoms with van der Waals surface area (Å²) < 4.78 is 12.2. The van der Waals surface area contributed by atoms with Gasteiger partial charge in [0.1, 0.15) is 11.5 Å². The average molecular weight is 448 g/mol. The van der Waals surface area contributed by atoms with Crippen molar-refractivity contribution < 1.29 is 14.1 Å². The van der Waals surface area contributed by atoms with E-state index < -0.39 is 0 Å². The predicted molar refractivity (Wildman–Crippen MR) is 115 cm³/mol. The van der Waals surface area contributed by atoms with E-state index in [1.165, 1.54) is 11.8 Å². The molecule has 0 aliphatic heterocycles. The Kier molecular flexibility index (Phi) is 7.17. The Morgan fingerprint density at radius 2 is 2.03 bits per heavy atom.